The Kier molecular flexibility index (Phi) is 4.85. The zero-order chi connectivity index (χ0) is 11.1. The molecule has 1 unspecified atom stereocenters. The van der Waals surface area contributed by atoms with Crippen LogP contribution in [-0.2, 0) is 0 Å². The summed E-state index contributed by atoms with van der Waals surface area (Å²) in [5.74, 6) is 0. The summed E-state index contributed by atoms with van der Waals surface area (Å²) >= 11 is 0. The molecule has 1 rings (SSSR count). The lowest BCUT2D eigenvalue weighted by molar-refractivity contribution is 0.260. The third kappa shape index (κ3) is 3.37. The SMILES string of the molecule is C=CCN(CC=C)C(C)c1ccccc1. The van der Waals surface area contributed by atoms with Gasteiger partial charge in [0.25, 0.3) is 0 Å². The molecule has 0 spiro atoms. The van der Waals surface area contributed by atoms with Gasteiger partial charge in [-0.1, -0.05) is 42.5 Å². The van der Waals surface area contributed by atoms with E-state index in [1.165, 1.54) is 5.56 Å². The monoisotopic (exact) mass is 201 g/mol. The standard InChI is InChI=1S/C14H19N/c1-4-11-15(12-5-2)13(3)14-9-7-6-8-10-14/h4-10,13H,1-2,11-12H2,3H3. The molecule has 0 bridgehead atoms. The van der Waals surface area contributed by atoms with E-state index in [9.17, 15) is 0 Å². The molecule has 0 aliphatic heterocycles. The van der Waals surface area contributed by atoms with Gasteiger partial charge in [0.2, 0.25) is 0 Å². The van der Waals surface area contributed by atoms with Crippen LogP contribution in [0.15, 0.2) is 55.6 Å². The first-order valence-electron chi connectivity index (χ1n) is 5.30. The van der Waals surface area contributed by atoms with Crippen LogP contribution in [0.2, 0.25) is 0 Å². The molecule has 0 saturated carbocycles. The summed E-state index contributed by atoms with van der Waals surface area (Å²) in [6, 6.07) is 10.9. The molecule has 1 aromatic carbocycles. The molecule has 0 amide bonds. The zero-order valence-corrected chi connectivity index (χ0v) is 9.39. The summed E-state index contributed by atoms with van der Waals surface area (Å²) in [6.45, 7) is 11.6. The van der Waals surface area contributed by atoms with Crippen LogP contribution in [0.1, 0.15) is 18.5 Å². The highest BCUT2D eigenvalue weighted by molar-refractivity contribution is 5.18. The Morgan fingerprint density at radius 2 is 1.67 bits per heavy atom. The molecule has 1 heteroatoms. The fourth-order valence-corrected chi connectivity index (χ4v) is 1.66. The van der Waals surface area contributed by atoms with Crippen molar-refractivity contribution in [2.75, 3.05) is 13.1 Å². The minimum atomic E-state index is 0.405. The van der Waals surface area contributed by atoms with E-state index >= 15 is 0 Å². The van der Waals surface area contributed by atoms with Crippen LogP contribution >= 0.6 is 0 Å². The van der Waals surface area contributed by atoms with E-state index < -0.39 is 0 Å². The van der Waals surface area contributed by atoms with Gasteiger partial charge in [-0.25, -0.2) is 0 Å². The molecule has 1 aromatic rings. The molecular weight excluding hydrogens is 182 g/mol. The minimum Gasteiger partial charge on any atom is -0.289 e. The first-order valence-corrected chi connectivity index (χ1v) is 5.30. The highest BCUT2D eigenvalue weighted by Gasteiger charge is 2.12. The van der Waals surface area contributed by atoms with E-state index in [0.717, 1.165) is 13.1 Å². The largest absolute Gasteiger partial charge is 0.289 e. The summed E-state index contributed by atoms with van der Waals surface area (Å²) < 4.78 is 0. The topological polar surface area (TPSA) is 3.24 Å². The van der Waals surface area contributed by atoms with Crippen LogP contribution in [0.3, 0.4) is 0 Å². The van der Waals surface area contributed by atoms with Crippen LogP contribution in [0.5, 0.6) is 0 Å². The number of nitrogens with zero attached hydrogens (tertiary/aromatic N) is 1. The van der Waals surface area contributed by atoms with Crippen molar-refractivity contribution in [3.8, 4) is 0 Å². The number of hydrogen-bond acceptors (Lipinski definition) is 1. The smallest absolute Gasteiger partial charge is 0.0326 e. The Bertz CT molecular complexity index is 292. The summed E-state index contributed by atoms with van der Waals surface area (Å²) in [5.41, 5.74) is 1.33. The van der Waals surface area contributed by atoms with Crippen molar-refractivity contribution in [3.63, 3.8) is 0 Å². The Morgan fingerprint density at radius 3 is 2.13 bits per heavy atom. The van der Waals surface area contributed by atoms with Gasteiger partial charge in [-0.05, 0) is 12.5 Å². The van der Waals surface area contributed by atoms with Crippen LogP contribution in [0, 0.1) is 0 Å². The van der Waals surface area contributed by atoms with Gasteiger partial charge in [-0.3, -0.25) is 4.90 Å². The highest BCUT2D eigenvalue weighted by atomic mass is 15.1. The molecule has 0 aromatic heterocycles. The van der Waals surface area contributed by atoms with Crippen molar-refractivity contribution >= 4 is 0 Å². The first-order chi connectivity index (χ1) is 7.29. The summed E-state index contributed by atoms with van der Waals surface area (Å²) in [5, 5.41) is 0. The Hall–Kier alpha value is -1.34. The van der Waals surface area contributed by atoms with Crippen molar-refractivity contribution in [2.24, 2.45) is 0 Å². The van der Waals surface area contributed by atoms with Crippen molar-refractivity contribution < 1.29 is 0 Å². The fraction of sp³-hybridized carbons (Fsp3) is 0.286. The molecule has 0 heterocycles. The number of benzene rings is 1. The van der Waals surface area contributed by atoms with E-state index in [0.29, 0.717) is 6.04 Å². The summed E-state index contributed by atoms with van der Waals surface area (Å²) in [6.07, 6.45) is 3.87. The average Bonchev–Trinajstić information content (AvgIpc) is 2.29. The van der Waals surface area contributed by atoms with E-state index in [-0.39, 0.29) is 0 Å². The maximum atomic E-state index is 3.78. The Labute approximate surface area is 92.7 Å². The lowest BCUT2D eigenvalue weighted by Crippen LogP contribution is -2.27. The second-order valence-electron chi connectivity index (χ2n) is 3.62. The predicted octanol–water partition coefficient (Wildman–Crippen LogP) is 3.42. The molecular formula is C14H19N. The van der Waals surface area contributed by atoms with Gasteiger partial charge in [0, 0.05) is 19.1 Å². The zero-order valence-electron chi connectivity index (χ0n) is 9.39. The van der Waals surface area contributed by atoms with Crippen LogP contribution in [-0.4, -0.2) is 18.0 Å². The molecule has 0 fully saturated rings. The Morgan fingerprint density at radius 1 is 1.13 bits per heavy atom. The molecule has 0 radical (unpaired) electrons. The normalized spacial score (nSPS) is 12.4. The van der Waals surface area contributed by atoms with Gasteiger partial charge < -0.3 is 0 Å². The molecule has 1 atom stereocenters. The average molecular weight is 201 g/mol. The molecule has 0 aliphatic carbocycles. The third-order valence-electron chi connectivity index (χ3n) is 2.56. The van der Waals surface area contributed by atoms with Crippen LogP contribution in [0.25, 0.3) is 0 Å². The van der Waals surface area contributed by atoms with Gasteiger partial charge >= 0.3 is 0 Å². The van der Waals surface area contributed by atoms with Crippen molar-refractivity contribution in [2.45, 2.75) is 13.0 Å². The van der Waals surface area contributed by atoms with Gasteiger partial charge in [-0.15, -0.1) is 13.2 Å². The lowest BCUT2D eigenvalue weighted by Gasteiger charge is -2.27. The Balaban J connectivity index is 2.75. The molecule has 0 N–H and O–H groups in total. The van der Waals surface area contributed by atoms with Gasteiger partial charge in [0.1, 0.15) is 0 Å². The van der Waals surface area contributed by atoms with Crippen molar-refractivity contribution in [1.29, 1.82) is 0 Å². The predicted molar refractivity (Wildman–Crippen MR) is 66.8 cm³/mol. The highest BCUT2D eigenvalue weighted by Crippen LogP contribution is 2.19. The van der Waals surface area contributed by atoms with Crippen LogP contribution < -0.4 is 0 Å². The third-order valence-corrected chi connectivity index (χ3v) is 2.56. The molecule has 0 saturated heterocycles. The maximum absolute atomic E-state index is 3.78. The first kappa shape index (κ1) is 11.7. The second-order valence-corrected chi connectivity index (χ2v) is 3.62. The second kappa shape index (κ2) is 6.20. The van der Waals surface area contributed by atoms with Crippen LogP contribution in [0.4, 0.5) is 0 Å². The van der Waals surface area contributed by atoms with Gasteiger partial charge in [0.05, 0.1) is 0 Å². The van der Waals surface area contributed by atoms with Crippen molar-refractivity contribution in [1.82, 2.24) is 4.90 Å². The lowest BCUT2D eigenvalue weighted by atomic mass is 10.1. The molecule has 1 nitrogen and oxygen atoms in total. The molecule has 15 heavy (non-hydrogen) atoms. The van der Waals surface area contributed by atoms with Gasteiger partial charge in [-0.2, -0.15) is 0 Å². The van der Waals surface area contributed by atoms with E-state index in [1.54, 1.807) is 0 Å². The number of hydrogen-bond donors (Lipinski definition) is 0. The van der Waals surface area contributed by atoms with E-state index in [4.69, 9.17) is 0 Å². The maximum Gasteiger partial charge on any atom is 0.0326 e. The minimum absolute atomic E-state index is 0.405. The van der Waals surface area contributed by atoms with E-state index in [1.807, 2.05) is 18.2 Å². The van der Waals surface area contributed by atoms with Gasteiger partial charge in [0.15, 0.2) is 0 Å². The quantitative estimate of drug-likeness (QED) is 0.637. The van der Waals surface area contributed by atoms with E-state index in [2.05, 4.69) is 49.2 Å². The van der Waals surface area contributed by atoms with Crippen molar-refractivity contribution in [3.05, 3.63) is 61.2 Å². The molecule has 80 valence electrons. The summed E-state index contributed by atoms with van der Waals surface area (Å²) in [7, 11) is 0. The fourth-order valence-electron chi connectivity index (χ4n) is 1.66. The number of rotatable bonds is 6. The molecule has 0 aliphatic rings. The summed E-state index contributed by atoms with van der Waals surface area (Å²) in [4.78, 5) is 2.33.